The molecular formula is C20H22N2O8. The van der Waals surface area contributed by atoms with E-state index >= 15 is 0 Å². The average Bonchev–Trinajstić information content (AvgIpc) is 2.76. The van der Waals surface area contributed by atoms with Crippen molar-refractivity contribution in [3.05, 3.63) is 72.2 Å². The molecule has 2 aromatic rings. The highest BCUT2D eigenvalue weighted by Gasteiger charge is 2.29. The van der Waals surface area contributed by atoms with Crippen LogP contribution in [0.3, 0.4) is 0 Å². The van der Waals surface area contributed by atoms with E-state index in [-0.39, 0.29) is 0 Å². The maximum atomic E-state index is 9.77. The van der Waals surface area contributed by atoms with Gasteiger partial charge in [-0.25, -0.2) is 15.0 Å². The lowest BCUT2D eigenvalue weighted by molar-refractivity contribution is -0.165. The molecule has 6 N–H and O–H groups in total. The third kappa shape index (κ3) is 7.18. The van der Waals surface area contributed by atoms with E-state index in [0.717, 1.165) is 23.8 Å². The number of benzene rings is 2. The van der Waals surface area contributed by atoms with Crippen molar-refractivity contribution in [3.63, 3.8) is 0 Å². The molecule has 0 spiro atoms. The molecule has 0 aromatic heterocycles. The predicted molar refractivity (Wildman–Crippen MR) is 104 cm³/mol. The first-order valence-electron chi connectivity index (χ1n) is 8.82. The molecule has 0 bridgehead atoms. The lowest BCUT2D eigenvalue weighted by Crippen LogP contribution is -2.39. The van der Waals surface area contributed by atoms with E-state index in [2.05, 4.69) is 23.0 Å². The molecule has 1 aliphatic rings. The van der Waals surface area contributed by atoms with Gasteiger partial charge < -0.3 is 29.9 Å². The van der Waals surface area contributed by atoms with E-state index in [1.807, 2.05) is 42.5 Å². The Morgan fingerprint density at radius 1 is 0.800 bits per heavy atom. The van der Waals surface area contributed by atoms with Crippen molar-refractivity contribution in [2.75, 3.05) is 6.54 Å². The fourth-order valence-electron chi connectivity index (χ4n) is 2.18. The number of aliphatic hydroxyl groups excluding tert-OH is 2. The van der Waals surface area contributed by atoms with Crippen LogP contribution in [0.5, 0.6) is 11.5 Å². The zero-order chi connectivity index (χ0) is 21.9. The van der Waals surface area contributed by atoms with Crippen molar-refractivity contribution in [1.82, 2.24) is 10.9 Å². The Morgan fingerprint density at radius 2 is 1.33 bits per heavy atom. The summed E-state index contributed by atoms with van der Waals surface area (Å²) < 4.78 is 11.2. The van der Waals surface area contributed by atoms with E-state index < -0.39 is 24.1 Å². The largest absolute Gasteiger partial charge is 0.479 e. The normalized spacial score (nSPS) is 13.9. The van der Waals surface area contributed by atoms with Crippen LogP contribution in [0.1, 0.15) is 5.56 Å². The maximum Gasteiger partial charge on any atom is 0.335 e. The SMILES string of the molecule is C1=C(CNNCc2ccccc2)Oc2ccccc2O1.O=C(O)C(O)C(O)C(=O)O. The summed E-state index contributed by atoms with van der Waals surface area (Å²) in [6, 6.07) is 17.8. The molecule has 2 unspecified atom stereocenters. The molecule has 2 aromatic carbocycles. The van der Waals surface area contributed by atoms with Gasteiger partial charge in [-0.05, 0) is 17.7 Å². The van der Waals surface area contributed by atoms with Crippen LogP contribution in [-0.2, 0) is 16.1 Å². The second-order valence-electron chi connectivity index (χ2n) is 6.01. The molecule has 1 heterocycles. The molecule has 10 nitrogen and oxygen atoms in total. The molecule has 0 aliphatic carbocycles. The quantitative estimate of drug-likeness (QED) is 0.263. The summed E-state index contributed by atoms with van der Waals surface area (Å²) in [7, 11) is 0. The fraction of sp³-hybridized carbons (Fsp3) is 0.200. The van der Waals surface area contributed by atoms with Gasteiger partial charge in [0.05, 0.1) is 6.54 Å². The van der Waals surface area contributed by atoms with Crippen molar-refractivity contribution < 1.29 is 39.5 Å². The van der Waals surface area contributed by atoms with Crippen LogP contribution < -0.4 is 20.3 Å². The van der Waals surface area contributed by atoms with Gasteiger partial charge in [0.25, 0.3) is 0 Å². The minimum atomic E-state index is -2.27. The number of carboxylic acid groups (broad SMARTS) is 2. The van der Waals surface area contributed by atoms with Gasteiger partial charge in [-0.2, -0.15) is 0 Å². The summed E-state index contributed by atoms with van der Waals surface area (Å²) in [6.07, 6.45) is -2.91. The Morgan fingerprint density at radius 3 is 1.93 bits per heavy atom. The Hall–Kier alpha value is -3.44. The molecule has 0 radical (unpaired) electrons. The van der Waals surface area contributed by atoms with Gasteiger partial charge >= 0.3 is 11.9 Å². The lowest BCUT2D eigenvalue weighted by Gasteiger charge is -2.18. The molecule has 2 atom stereocenters. The lowest BCUT2D eigenvalue weighted by atomic mass is 10.2. The molecule has 0 saturated heterocycles. The number of aliphatic carboxylic acids is 2. The van der Waals surface area contributed by atoms with Crippen LogP contribution in [-0.4, -0.2) is 51.1 Å². The summed E-state index contributed by atoms with van der Waals surface area (Å²) in [6.45, 7) is 1.31. The summed E-state index contributed by atoms with van der Waals surface area (Å²) in [5.74, 6) is -1.31. The molecule has 3 rings (SSSR count). The fourth-order valence-corrected chi connectivity index (χ4v) is 2.18. The van der Waals surface area contributed by atoms with Crippen molar-refractivity contribution in [2.24, 2.45) is 0 Å². The molecule has 0 fully saturated rings. The molecule has 160 valence electrons. The van der Waals surface area contributed by atoms with Gasteiger partial charge in [-0.3, -0.25) is 5.43 Å². The Labute approximate surface area is 172 Å². The van der Waals surface area contributed by atoms with Crippen molar-refractivity contribution >= 4 is 11.9 Å². The molecule has 0 saturated carbocycles. The minimum absolute atomic E-state index is 0.557. The van der Waals surface area contributed by atoms with E-state index in [9.17, 15) is 9.59 Å². The van der Waals surface area contributed by atoms with E-state index in [1.54, 1.807) is 6.26 Å². The highest BCUT2D eigenvalue weighted by Crippen LogP contribution is 2.31. The number of carboxylic acids is 2. The summed E-state index contributed by atoms with van der Waals surface area (Å²) >= 11 is 0. The van der Waals surface area contributed by atoms with Gasteiger partial charge in [0.2, 0.25) is 0 Å². The minimum Gasteiger partial charge on any atom is -0.479 e. The van der Waals surface area contributed by atoms with Gasteiger partial charge in [0, 0.05) is 6.54 Å². The predicted octanol–water partition coefficient (Wildman–Crippen LogP) is 0.471. The van der Waals surface area contributed by atoms with Crippen molar-refractivity contribution in [2.45, 2.75) is 18.8 Å². The third-order valence-electron chi connectivity index (χ3n) is 3.74. The second kappa shape index (κ2) is 11.5. The standard InChI is InChI=1S/C16H16N2O2.C4H6O6/c1-2-6-13(7-3-1)10-17-18-11-14-12-19-15-8-4-5-9-16(15)20-14;5-1(3(7)8)2(6)4(9)10/h1-9,12,17-18H,10-11H2;1-2,5-6H,(H,7,8)(H,9,10). The van der Waals surface area contributed by atoms with Crippen LogP contribution in [0.2, 0.25) is 0 Å². The van der Waals surface area contributed by atoms with Crippen LogP contribution >= 0.6 is 0 Å². The number of ether oxygens (including phenoxy) is 2. The van der Waals surface area contributed by atoms with Gasteiger partial charge in [0.1, 0.15) is 6.26 Å². The highest BCUT2D eigenvalue weighted by atomic mass is 16.6. The summed E-state index contributed by atoms with van der Waals surface area (Å²) in [4.78, 5) is 19.5. The first kappa shape index (κ1) is 22.8. The monoisotopic (exact) mass is 418 g/mol. The van der Waals surface area contributed by atoms with E-state index in [1.165, 1.54) is 5.56 Å². The summed E-state index contributed by atoms with van der Waals surface area (Å²) in [5.41, 5.74) is 7.48. The first-order chi connectivity index (χ1) is 14.4. The van der Waals surface area contributed by atoms with E-state index in [0.29, 0.717) is 6.54 Å². The van der Waals surface area contributed by atoms with Crippen LogP contribution in [0.25, 0.3) is 0 Å². The van der Waals surface area contributed by atoms with Crippen LogP contribution in [0.15, 0.2) is 66.6 Å². The number of fused-ring (bicyclic) bond motifs is 1. The number of nitrogens with one attached hydrogen (secondary N) is 2. The topological polar surface area (TPSA) is 158 Å². The van der Waals surface area contributed by atoms with Crippen molar-refractivity contribution in [3.8, 4) is 11.5 Å². The third-order valence-corrected chi connectivity index (χ3v) is 3.74. The number of aliphatic hydroxyl groups is 2. The highest BCUT2D eigenvalue weighted by molar-refractivity contribution is 5.83. The number of hydrogen-bond donors (Lipinski definition) is 6. The second-order valence-corrected chi connectivity index (χ2v) is 6.01. The smallest absolute Gasteiger partial charge is 0.335 e. The first-order valence-corrected chi connectivity index (χ1v) is 8.82. The Kier molecular flexibility index (Phi) is 8.78. The number of hydrogen-bond acceptors (Lipinski definition) is 8. The molecule has 30 heavy (non-hydrogen) atoms. The molecular weight excluding hydrogens is 396 g/mol. The zero-order valence-corrected chi connectivity index (χ0v) is 15.8. The number of para-hydroxylation sites is 2. The molecule has 0 amide bonds. The number of rotatable bonds is 8. The van der Waals surface area contributed by atoms with Crippen LogP contribution in [0.4, 0.5) is 0 Å². The average molecular weight is 418 g/mol. The maximum absolute atomic E-state index is 9.77. The van der Waals surface area contributed by atoms with Gasteiger partial charge in [-0.15, -0.1) is 0 Å². The van der Waals surface area contributed by atoms with Gasteiger partial charge in [0.15, 0.2) is 29.5 Å². The molecule has 10 heteroatoms. The van der Waals surface area contributed by atoms with E-state index in [4.69, 9.17) is 29.9 Å². The Bertz CT molecular complexity index is 854. The van der Waals surface area contributed by atoms with Crippen molar-refractivity contribution in [1.29, 1.82) is 0 Å². The number of carbonyl (C=O) groups is 2. The van der Waals surface area contributed by atoms with Gasteiger partial charge in [-0.1, -0.05) is 42.5 Å². The zero-order valence-electron chi connectivity index (χ0n) is 15.8. The molecule has 1 aliphatic heterocycles. The summed E-state index contributed by atoms with van der Waals surface area (Å²) in [5, 5.41) is 32.5. The number of hydrazine groups is 1. The van der Waals surface area contributed by atoms with Crippen LogP contribution in [0, 0.1) is 0 Å². The Balaban J connectivity index is 0.000000274.